The Hall–Kier alpha value is -0.930. The summed E-state index contributed by atoms with van der Waals surface area (Å²) in [6.07, 6.45) is 3.43. The molecular weight excluding hydrogens is 228 g/mol. The van der Waals surface area contributed by atoms with Crippen LogP contribution in [0.3, 0.4) is 0 Å². The van der Waals surface area contributed by atoms with Gasteiger partial charge < -0.3 is 10.2 Å². The van der Waals surface area contributed by atoms with Crippen molar-refractivity contribution in [2.75, 3.05) is 0 Å². The molecule has 0 amide bonds. The van der Waals surface area contributed by atoms with E-state index >= 15 is 0 Å². The van der Waals surface area contributed by atoms with E-state index in [9.17, 15) is 15.0 Å². The fourth-order valence-electron chi connectivity index (χ4n) is 2.40. The summed E-state index contributed by atoms with van der Waals surface area (Å²) in [5.41, 5.74) is 0.718. The minimum atomic E-state index is -1.05. The number of ketones is 1. The van der Waals surface area contributed by atoms with Gasteiger partial charge in [-0.2, -0.15) is 0 Å². The molecule has 1 rings (SSSR count). The molecule has 1 aliphatic rings. The van der Waals surface area contributed by atoms with Crippen LogP contribution in [0.1, 0.15) is 46.5 Å². The first-order valence-electron chi connectivity index (χ1n) is 6.51. The lowest BCUT2D eigenvalue weighted by Crippen LogP contribution is -2.41. The van der Waals surface area contributed by atoms with E-state index < -0.39 is 11.7 Å². The zero-order chi connectivity index (χ0) is 13.9. The van der Waals surface area contributed by atoms with Gasteiger partial charge in [0.15, 0.2) is 5.78 Å². The molecule has 0 aromatic carbocycles. The van der Waals surface area contributed by atoms with Gasteiger partial charge in [0.1, 0.15) is 0 Å². The molecule has 18 heavy (non-hydrogen) atoms. The molecule has 1 aliphatic carbocycles. The van der Waals surface area contributed by atoms with Crippen molar-refractivity contribution in [3.8, 4) is 0 Å². The lowest BCUT2D eigenvalue weighted by molar-refractivity contribution is -0.128. The maximum absolute atomic E-state index is 11.9. The second kappa shape index (κ2) is 5.81. The Labute approximate surface area is 109 Å². The fraction of sp³-hybridized carbons (Fsp3) is 0.667. The number of hydrogen-bond acceptors (Lipinski definition) is 3. The van der Waals surface area contributed by atoms with E-state index in [1.54, 1.807) is 19.9 Å². The van der Waals surface area contributed by atoms with Gasteiger partial charge in [-0.3, -0.25) is 4.79 Å². The first-order chi connectivity index (χ1) is 8.24. The number of rotatable bonds is 5. The first-order valence-corrected chi connectivity index (χ1v) is 6.51. The summed E-state index contributed by atoms with van der Waals surface area (Å²) in [6, 6.07) is 0. The third-order valence-electron chi connectivity index (χ3n) is 3.80. The SMILES string of the molecule is C=C(C)[C@H](O)CC[C@](C)(O)[C@@H]1CCC(C)=CC1=O. The molecule has 102 valence electrons. The quantitative estimate of drug-likeness (QED) is 0.739. The number of carbonyl (C=O) groups is 1. The van der Waals surface area contributed by atoms with Gasteiger partial charge in [0.2, 0.25) is 0 Å². The van der Waals surface area contributed by atoms with Crippen LogP contribution >= 0.6 is 0 Å². The van der Waals surface area contributed by atoms with Crippen molar-refractivity contribution in [2.24, 2.45) is 5.92 Å². The molecule has 0 fully saturated rings. The summed E-state index contributed by atoms with van der Waals surface area (Å²) in [6.45, 7) is 9.07. The molecule has 2 N–H and O–H groups in total. The summed E-state index contributed by atoms with van der Waals surface area (Å²) in [4.78, 5) is 11.9. The normalized spacial score (nSPS) is 25.3. The molecule has 3 nitrogen and oxygen atoms in total. The lowest BCUT2D eigenvalue weighted by Gasteiger charge is -2.34. The Balaban J connectivity index is 2.64. The molecule has 0 aliphatic heterocycles. The largest absolute Gasteiger partial charge is 0.389 e. The molecule has 0 unspecified atom stereocenters. The predicted octanol–water partition coefficient (Wildman–Crippen LogP) is 2.38. The predicted molar refractivity (Wildman–Crippen MR) is 72.2 cm³/mol. The van der Waals surface area contributed by atoms with E-state index in [0.29, 0.717) is 24.8 Å². The Kier molecular flexibility index (Phi) is 4.88. The highest BCUT2D eigenvalue weighted by molar-refractivity contribution is 5.94. The second-order valence-corrected chi connectivity index (χ2v) is 5.74. The van der Waals surface area contributed by atoms with Crippen LogP contribution in [0, 0.1) is 5.92 Å². The summed E-state index contributed by atoms with van der Waals surface area (Å²) in [5, 5.41) is 20.1. The Morgan fingerprint density at radius 2 is 2.28 bits per heavy atom. The van der Waals surface area contributed by atoms with E-state index in [-0.39, 0.29) is 11.7 Å². The highest BCUT2D eigenvalue weighted by atomic mass is 16.3. The maximum Gasteiger partial charge on any atom is 0.161 e. The number of allylic oxidation sites excluding steroid dienone is 2. The topological polar surface area (TPSA) is 57.5 Å². The van der Waals surface area contributed by atoms with Crippen LogP contribution in [-0.4, -0.2) is 27.7 Å². The molecular formula is C15H24O3. The second-order valence-electron chi connectivity index (χ2n) is 5.74. The highest BCUT2D eigenvalue weighted by Crippen LogP contribution is 2.33. The minimum Gasteiger partial charge on any atom is -0.389 e. The molecule has 0 saturated heterocycles. The number of carbonyl (C=O) groups excluding carboxylic acids is 1. The van der Waals surface area contributed by atoms with Crippen LogP contribution in [0.15, 0.2) is 23.8 Å². The smallest absolute Gasteiger partial charge is 0.161 e. The van der Waals surface area contributed by atoms with Crippen molar-refractivity contribution in [1.82, 2.24) is 0 Å². The van der Waals surface area contributed by atoms with Gasteiger partial charge in [0.05, 0.1) is 17.6 Å². The molecule has 0 radical (unpaired) electrons. The average molecular weight is 252 g/mol. The van der Waals surface area contributed by atoms with Crippen molar-refractivity contribution < 1.29 is 15.0 Å². The van der Waals surface area contributed by atoms with E-state index in [4.69, 9.17) is 0 Å². The van der Waals surface area contributed by atoms with E-state index in [0.717, 1.165) is 12.0 Å². The molecule has 0 saturated carbocycles. The van der Waals surface area contributed by atoms with Crippen LogP contribution < -0.4 is 0 Å². The minimum absolute atomic E-state index is 0.00793. The molecule has 0 heterocycles. The van der Waals surface area contributed by atoms with Crippen LogP contribution in [-0.2, 0) is 4.79 Å². The first kappa shape index (κ1) is 15.1. The zero-order valence-electron chi connectivity index (χ0n) is 11.6. The summed E-state index contributed by atoms with van der Waals surface area (Å²) in [7, 11) is 0. The number of aliphatic hydroxyl groups excluding tert-OH is 1. The molecule has 0 bridgehead atoms. The zero-order valence-corrected chi connectivity index (χ0v) is 11.6. The van der Waals surface area contributed by atoms with Gasteiger partial charge in [-0.15, -0.1) is 0 Å². The van der Waals surface area contributed by atoms with Crippen molar-refractivity contribution in [3.63, 3.8) is 0 Å². The molecule has 0 aromatic heterocycles. The Morgan fingerprint density at radius 3 is 2.78 bits per heavy atom. The average Bonchev–Trinajstić information content (AvgIpc) is 2.25. The van der Waals surface area contributed by atoms with Gasteiger partial charge in [0, 0.05) is 0 Å². The van der Waals surface area contributed by atoms with Crippen molar-refractivity contribution in [3.05, 3.63) is 23.8 Å². The molecule has 3 heteroatoms. The number of aliphatic hydroxyl groups is 2. The molecule has 0 aromatic rings. The van der Waals surface area contributed by atoms with E-state index in [2.05, 4.69) is 6.58 Å². The van der Waals surface area contributed by atoms with Crippen molar-refractivity contribution in [2.45, 2.75) is 58.2 Å². The maximum atomic E-state index is 11.9. The third kappa shape index (κ3) is 3.79. The van der Waals surface area contributed by atoms with Gasteiger partial charge in [-0.05, 0) is 52.5 Å². The van der Waals surface area contributed by atoms with Crippen LogP contribution in [0.2, 0.25) is 0 Å². The summed E-state index contributed by atoms with van der Waals surface area (Å²) < 4.78 is 0. The van der Waals surface area contributed by atoms with Crippen molar-refractivity contribution in [1.29, 1.82) is 0 Å². The highest BCUT2D eigenvalue weighted by Gasteiger charge is 2.37. The van der Waals surface area contributed by atoms with Gasteiger partial charge in [-0.25, -0.2) is 0 Å². The third-order valence-corrected chi connectivity index (χ3v) is 3.80. The lowest BCUT2D eigenvalue weighted by atomic mass is 9.75. The monoisotopic (exact) mass is 252 g/mol. The summed E-state index contributed by atoms with van der Waals surface area (Å²) in [5.74, 6) is -0.341. The number of hydrogen-bond donors (Lipinski definition) is 2. The van der Waals surface area contributed by atoms with Gasteiger partial charge in [-0.1, -0.05) is 17.7 Å². The Bertz CT molecular complexity index is 366. The summed E-state index contributed by atoms with van der Waals surface area (Å²) >= 11 is 0. The van der Waals surface area contributed by atoms with Crippen LogP contribution in [0.5, 0.6) is 0 Å². The van der Waals surface area contributed by atoms with E-state index in [1.165, 1.54) is 0 Å². The van der Waals surface area contributed by atoms with E-state index in [1.807, 2.05) is 6.92 Å². The van der Waals surface area contributed by atoms with Crippen molar-refractivity contribution >= 4 is 5.78 Å². The Morgan fingerprint density at radius 1 is 1.67 bits per heavy atom. The molecule has 3 atom stereocenters. The molecule has 0 spiro atoms. The van der Waals surface area contributed by atoms with Crippen LogP contribution in [0.25, 0.3) is 0 Å². The standard InChI is InChI=1S/C15H24O3/c1-10(2)13(16)7-8-15(4,18)12-6-5-11(3)9-14(12)17/h9,12-13,16,18H,1,5-8H2,2-4H3/t12-,13-,15+/m1/s1. The van der Waals surface area contributed by atoms with Crippen LogP contribution in [0.4, 0.5) is 0 Å². The van der Waals surface area contributed by atoms with Gasteiger partial charge in [0.25, 0.3) is 0 Å². The fourth-order valence-corrected chi connectivity index (χ4v) is 2.40. The van der Waals surface area contributed by atoms with Gasteiger partial charge >= 0.3 is 0 Å².